The Hall–Kier alpha value is -3.08. The van der Waals surface area contributed by atoms with Crippen molar-refractivity contribution in [3.8, 4) is 6.07 Å². The number of aromatic nitrogens is 1. The molecule has 1 unspecified atom stereocenters. The minimum Gasteiger partial charge on any atom is -0.365 e. The van der Waals surface area contributed by atoms with E-state index >= 15 is 0 Å². The number of amides is 1. The molecule has 0 saturated carbocycles. The first-order valence-electron chi connectivity index (χ1n) is 7.92. The van der Waals surface area contributed by atoms with Crippen LogP contribution in [0.4, 0.5) is 19.0 Å². The molecule has 3 rings (SSSR count). The molecule has 8 heteroatoms. The van der Waals surface area contributed by atoms with Gasteiger partial charge >= 0.3 is 6.18 Å². The second-order valence-electron chi connectivity index (χ2n) is 6.02. The van der Waals surface area contributed by atoms with Crippen molar-refractivity contribution in [2.24, 2.45) is 0 Å². The fourth-order valence-corrected chi connectivity index (χ4v) is 2.92. The molecule has 1 fully saturated rings. The number of benzene rings is 1. The van der Waals surface area contributed by atoms with Gasteiger partial charge in [-0.1, -0.05) is 18.2 Å². The molecule has 0 radical (unpaired) electrons. The van der Waals surface area contributed by atoms with E-state index in [0.717, 1.165) is 6.07 Å². The van der Waals surface area contributed by atoms with Gasteiger partial charge in [0.1, 0.15) is 11.9 Å². The summed E-state index contributed by atoms with van der Waals surface area (Å²) in [5.41, 5.74) is -0.230. The van der Waals surface area contributed by atoms with E-state index in [9.17, 15) is 18.0 Å². The lowest BCUT2D eigenvalue weighted by molar-refractivity contribution is -0.139. The lowest BCUT2D eigenvalue weighted by atomic mass is 10.1. The van der Waals surface area contributed by atoms with E-state index < -0.39 is 11.7 Å². The number of nitrogens with zero attached hydrogens (tertiary/aromatic N) is 3. The van der Waals surface area contributed by atoms with Crippen LogP contribution in [0.5, 0.6) is 0 Å². The first-order valence-corrected chi connectivity index (χ1v) is 7.92. The number of hydrogen-bond donors (Lipinski definition) is 1. The Bertz CT molecular complexity index is 843. The number of pyridine rings is 1. The van der Waals surface area contributed by atoms with E-state index in [2.05, 4.69) is 10.3 Å². The van der Waals surface area contributed by atoms with Crippen molar-refractivity contribution in [2.45, 2.75) is 25.2 Å². The number of carbonyl (C=O) groups excluding carboxylic acids is 1. The third kappa shape index (κ3) is 3.94. The SMILES string of the molecule is N#Cc1ccc(NC2CC(=O)N(Cc3ccccc3C(F)(F)F)C2)nc1. The van der Waals surface area contributed by atoms with Crippen LogP contribution in [-0.2, 0) is 17.5 Å². The molecular formula is C18H15F3N4O. The zero-order chi connectivity index (χ0) is 18.7. The standard InChI is InChI=1S/C18H15F3N4O/c19-18(20,21)15-4-2-1-3-13(15)10-25-11-14(7-17(25)26)24-16-6-5-12(8-22)9-23-16/h1-6,9,14H,7,10-11H2,(H,23,24). The summed E-state index contributed by atoms with van der Waals surface area (Å²) in [6.07, 6.45) is -2.87. The molecule has 1 aliphatic rings. The van der Waals surface area contributed by atoms with E-state index in [-0.39, 0.29) is 37.0 Å². The predicted octanol–water partition coefficient (Wildman–Crippen LogP) is 3.19. The number of carbonyl (C=O) groups is 1. The second-order valence-corrected chi connectivity index (χ2v) is 6.02. The van der Waals surface area contributed by atoms with Gasteiger partial charge in [-0.05, 0) is 23.8 Å². The fourth-order valence-electron chi connectivity index (χ4n) is 2.92. The van der Waals surface area contributed by atoms with Gasteiger partial charge in [-0.2, -0.15) is 18.4 Å². The molecule has 2 aromatic rings. The highest BCUT2D eigenvalue weighted by Gasteiger charge is 2.35. The van der Waals surface area contributed by atoms with E-state index in [1.807, 2.05) is 6.07 Å². The summed E-state index contributed by atoms with van der Waals surface area (Å²) in [5.74, 6) is 0.299. The van der Waals surface area contributed by atoms with Crippen LogP contribution in [-0.4, -0.2) is 28.4 Å². The highest BCUT2D eigenvalue weighted by molar-refractivity contribution is 5.80. The molecule has 1 aliphatic heterocycles. The highest BCUT2D eigenvalue weighted by Crippen LogP contribution is 2.33. The zero-order valence-corrected chi connectivity index (χ0v) is 13.6. The molecule has 0 spiro atoms. The molecule has 1 aromatic carbocycles. The van der Waals surface area contributed by atoms with Crippen LogP contribution in [0.2, 0.25) is 0 Å². The lowest BCUT2D eigenvalue weighted by Gasteiger charge is -2.20. The van der Waals surface area contributed by atoms with Crippen LogP contribution in [0.15, 0.2) is 42.6 Å². The first kappa shape index (κ1) is 17.7. The summed E-state index contributed by atoms with van der Waals surface area (Å²) in [7, 11) is 0. The van der Waals surface area contributed by atoms with Gasteiger partial charge in [0.2, 0.25) is 5.91 Å². The van der Waals surface area contributed by atoms with Crippen molar-refractivity contribution in [3.05, 3.63) is 59.3 Å². The summed E-state index contributed by atoms with van der Waals surface area (Å²) in [6.45, 7) is 0.195. The molecule has 1 N–H and O–H groups in total. The second kappa shape index (κ2) is 7.04. The largest absolute Gasteiger partial charge is 0.416 e. The minimum atomic E-state index is -4.45. The smallest absolute Gasteiger partial charge is 0.365 e. The Kier molecular flexibility index (Phi) is 4.80. The van der Waals surface area contributed by atoms with E-state index in [1.54, 1.807) is 12.1 Å². The molecule has 1 atom stereocenters. The molecule has 1 saturated heterocycles. The number of likely N-dealkylation sites (tertiary alicyclic amines) is 1. The van der Waals surface area contributed by atoms with Crippen molar-refractivity contribution in [2.75, 3.05) is 11.9 Å². The number of rotatable bonds is 4. The minimum absolute atomic E-state index is 0.0745. The first-order chi connectivity index (χ1) is 12.4. The molecular weight excluding hydrogens is 345 g/mol. The summed E-state index contributed by atoms with van der Waals surface area (Å²) in [6, 6.07) is 10.2. The molecule has 2 heterocycles. The Labute approximate surface area is 148 Å². The van der Waals surface area contributed by atoms with Gasteiger partial charge in [0.15, 0.2) is 0 Å². The number of halogens is 3. The summed E-state index contributed by atoms with van der Waals surface area (Å²) in [5, 5.41) is 11.8. The summed E-state index contributed by atoms with van der Waals surface area (Å²) < 4.78 is 39.3. The Morgan fingerprint density at radius 3 is 2.69 bits per heavy atom. The van der Waals surface area contributed by atoms with Crippen molar-refractivity contribution >= 4 is 11.7 Å². The molecule has 26 heavy (non-hydrogen) atoms. The van der Waals surface area contributed by atoms with E-state index in [4.69, 9.17) is 5.26 Å². The quantitative estimate of drug-likeness (QED) is 0.909. The lowest BCUT2D eigenvalue weighted by Crippen LogP contribution is -2.28. The number of hydrogen-bond acceptors (Lipinski definition) is 4. The van der Waals surface area contributed by atoms with Crippen molar-refractivity contribution in [3.63, 3.8) is 0 Å². The molecule has 0 aliphatic carbocycles. The van der Waals surface area contributed by atoms with Crippen LogP contribution in [0.25, 0.3) is 0 Å². The maximum Gasteiger partial charge on any atom is 0.416 e. The van der Waals surface area contributed by atoms with Gasteiger partial charge in [-0.15, -0.1) is 0 Å². The number of anilines is 1. The van der Waals surface area contributed by atoms with E-state index in [1.165, 1.54) is 29.3 Å². The average molecular weight is 360 g/mol. The highest BCUT2D eigenvalue weighted by atomic mass is 19.4. The van der Waals surface area contributed by atoms with Crippen molar-refractivity contribution in [1.82, 2.24) is 9.88 Å². The predicted molar refractivity (Wildman–Crippen MR) is 87.8 cm³/mol. The maximum atomic E-state index is 13.1. The van der Waals surface area contributed by atoms with Crippen molar-refractivity contribution < 1.29 is 18.0 Å². The van der Waals surface area contributed by atoms with Gasteiger partial charge in [0.25, 0.3) is 0 Å². The molecule has 1 aromatic heterocycles. The molecule has 134 valence electrons. The fraction of sp³-hybridized carbons (Fsp3) is 0.278. The molecule has 0 bridgehead atoms. The Morgan fingerprint density at radius 2 is 2.04 bits per heavy atom. The van der Waals surface area contributed by atoms with Gasteiger partial charge in [-0.3, -0.25) is 4.79 Å². The zero-order valence-electron chi connectivity index (χ0n) is 13.6. The number of nitriles is 1. The Balaban J connectivity index is 1.68. The molecule has 5 nitrogen and oxygen atoms in total. The van der Waals surface area contributed by atoms with Gasteiger partial charge < -0.3 is 10.2 Å². The maximum absolute atomic E-state index is 13.1. The topological polar surface area (TPSA) is 69.0 Å². The third-order valence-electron chi connectivity index (χ3n) is 4.14. The van der Waals surface area contributed by atoms with Crippen LogP contribution < -0.4 is 5.32 Å². The summed E-state index contributed by atoms with van der Waals surface area (Å²) in [4.78, 5) is 17.7. The normalized spacial score (nSPS) is 17.2. The number of alkyl halides is 3. The van der Waals surface area contributed by atoms with Gasteiger partial charge in [0.05, 0.1) is 17.2 Å². The van der Waals surface area contributed by atoms with Gasteiger partial charge in [-0.25, -0.2) is 4.98 Å². The van der Waals surface area contributed by atoms with E-state index in [0.29, 0.717) is 11.4 Å². The van der Waals surface area contributed by atoms with Crippen LogP contribution in [0.1, 0.15) is 23.1 Å². The Morgan fingerprint density at radius 1 is 1.27 bits per heavy atom. The van der Waals surface area contributed by atoms with Crippen LogP contribution >= 0.6 is 0 Å². The average Bonchev–Trinajstić information content (AvgIpc) is 2.94. The molecule has 1 amide bonds. The van der Waals surface area contributed by atoms with Crippen LogP contribution in [0.3, 0.4) is 0 Å². The monoisotopic (exact) mass is 360 g/mol. The number of nitrogens with one attached hydrogen (secondary N) is 1. The van der Waals surface area contributed by atoms with Crippen LogP contribution in [0, 0.1) is 11.3 Å². The third-order valence-corrected chi connectivity index (χ3v) is 4.14. The van der Waals surface area contributed by atoms with Gasteiger partial charge in [0, 0.05) is 25.7 Å². The summed E-state index contributed by atoms with van der Waals surface area (Å²) >= 11 is 0. The van der Waals surface area contributed by atoms with Crippen molar-refractivity contribution in [1.29, 1.82) is 5.26 Å².